The van der Waals surface area contributed by atoms with E-state index < -0.39 is 132 Å². The largest absolute Gasteiger partial charge is 0.494 e. The molecule has 142 heavy (non-hydrogen) atoms. The third-order valence-electron chi connectivity index (χ3n) is 28.1. The molecule has 0 amide bonds. The first-order valence-electron chi connectivity index (χ1n) is 48.0. The SMILES string of the molecule is CCOc1ccc(Cc2cc(C3SC(C)C(O)C(O)C3O)c(C)cc2C)cc1.CCOc1ccc(Cc2cc([C@@]34OC[C@@](CO)(C[C@H](O)[C@H]3O)O4)ccc2Cl)cc1.CCOc1ccc(Cc2cc([C@]34OC[C@](C)(O3)[C@@H](O)[C@H](O)[C@H]4O)ccc2Cl)cc1.CCOc1ccc(Cc2cc([C@]34OC[C@](CO)(O3)[C@@H](O)C[C@H]4O)ccc2Cl)cc1.Cc1ccc(Cc2cc([C@]34C[C@@H](O)[C@H](O)[C@](CO)(CO3)O4)ccc2Cl)cc1. The summed E-state index contributed by atoms with van der Waals surface area (Å²) in [4.78, 5) is 0. The quantitative estimate of drug-likeness (QED) is 0.0239. The van der Waals surface area contributed by atoms with E-state index in [1.807, 2.05) is 158 Å². The molecule has 9 heterocycles. The summed E-state index contributed by atoms with van der Waals surface area (Å²) in [5.41, 5.74) is 12.4. The molecule has 0 spiro atoms. The fraction of sp³-hybridized carbons (Fsp3) is 0.455. The van der Waals surface area contributed by atoms with Crippen LogP contribution in [0.1, 0.15) is 166 Å². The number of aliphatic hydroxyl groups excluding tert-OH is 15. The number of hydrogen-bond donors (Lipinski definition) is 15. The lowest BCUT2D eigenvalue weighted by atomic mass is 9.84. The number of benzene rings is 10. The highest BCUT2D eigenvalue weighted by atomic mass is 35.5. The second-order valence-corrected chi connectivity index (χ2v) is 41.4. The summed E-state index contributed by atoms with van der Waals surface area (Å²) in [6.07, 6.45) is -10.4. The lowest BCUT2D eigenvalue weighted by molar-refractivity contribution is -0.322. The number of ether oxygens (including phenoxy) is 12. The number of aliphatic hydroxyl groups is 15. The summed E-state index contributed by atoms with van der Waals surface area (Å²) in [5, 5.41) is 156. The molecule has 0 aliphatic carbocycles. The van der Waals surface area contributed by atoms with Crippen LogP contribution in [0.15, 0.2) is 206 Å². The van der Waals surface area contributed by atoms with E-state index in [0.29, 0.717) is 88.9 Å². The molecule has 8 bridgehead atoms. The Kier molecular flexibility index (Phi) is 34.6. The molecule has 0 aromatic heterocycles. The first-order valence-corrected chi connectivity index (χ1v) is 50.5. The monoisotopic (exact) mass is 2050 g/mol. The molecule has 0 saturated carbocycles. The van der Waals surface area contributed by atoms with Crippen molar-refractivity contribution < 1.29 is 133 Å². The van der Waals surface area contributed by atoms with E-state index in [4.69, 9.17) is 103 Å². The maximum Gasteiger partial charge on any atom is 0.225 e. The fourth-order valence-electron chi connectivity index (χ4n) is 19.9. The molecular formula is C110H128Cl4O27S. The van der Waals surface area contributed by atoms with E-state index in [9.17, 15) is 76.6 Å². The number of fused-ring (bicyclic) bond motifs is 8. The Balaban J connectivity index is 0.000000134. The summed E-state index contributed by atoms with van der Waals surface area (Å²) >= 11 is 27.2. The van der Waals surface area contributed by atoms with Crippen LogP contribution in [-0.4, -0.2) is 250 Å². The normalized spacial score (nSPS) is 31.2. The number of aryl methyl sites for hydroxylation is 3. The highest BCUT2D eigenvalue weighted by Crippen LogP contribution is 2.56. The van der Waals surface area contributed by atoms with E-state index in [-0.39, 0.29) is 62.8 Å². The van der Waals surface area contributed by atoms with Gasteiger partial charge in [-0.25, -0.2) is 0 Å². The third kappa shape index (κ3) is 22.5. The van der Waals surface area contributed by atoms with Gasteiger partial charge >= 0.3 is 0 Å². The predicted octanol–water partition coefficient (Wildman–Crippen LogP) is 13.0. The maximum absolute atomic E-state index is 10.7. The predicted molar refractivity (Wildman–Crippen MR) is 536 cm³/mol. The summed E-state index contributed by atoms with van der Waals surface area (Å²) in [6.45, 7) is 19.0. The van der Waals surface area contributed by atoms with E-state index in [1.54, 1.807) is 55.5 Å². The Bertz CT molecular complexity index is 5830. The minimum Gasteiger partial charge on any atom is -0.494 e. The molecule has 9 aliphatic rings. The molecule has 22 atom stereocenters. The average Bonchev–Trinajstić information content (AvgIpc) is 1.55. The van der Waals surface area contributed by atoms with Gasteiger partial charge in [0.2, 0.25) is 17.4 Å². The van der Waals surface area contributed by atoms with Crippen LogP contribution in [-0.2, 0) is 93.1 Å². The molecule has 15 N–H and O–H groups in total. The molecule has 10 aromatic rings. The minimum absolute atomic E-state index is 0.00141. The standard InChI is InChI=1S/C23H30O4S.3C22H25ClO6.C21H23ClO5/c1-5-27-18-8-6-16(7-9-18)11-17-12-19(14(3)10-13(17)2)23-22(26)21(25)20(24)15(4)28-23;1-3-27-16-7-4-13(5-8-16)10-14-11-15(6-9-17(14)23)22-20(26)18(24)19(25)21(2,29-22)12-28-22;1-2-27-17-6-3-14(4-7-17)9-15-10-16(5-8-18(15)23)22-20(26)19(25)11-21(12-24,29-22)13-28-22;1-2-27-17-6-3-14(4-7-17)9-15-10-16(5-8-18(15)23)22-20(26)11-19(25)21(12-24,29-22)13-28-22;1-13-2-4-14(5-3-13)8-15-9-16(6-7-17(15)22)21-10-18(24)19(25)20(11-23,27-21)12-26-21/h6-10,12,15,20-26H,5,11H2,1-4H3;4-9,11,18-20,24-26H,3,10,12H2,1-2H3;2*3-8,10,19-20,24-26H,2,9,11-13H2,1H3;2-7,9,18-19,23-25H,8,10-12H2,1H3/t;18-,19-,20+,21-,22-;2*19-,20+,21-,22-;18-,19+,20+,21-/m.0001/s1. The van der Waals surface area contributed by atoms with Crippen molar-refractivity contribution in [1.29, 1.82) is 0 Å². The zero-order chi connectivity index (χ0) is 102. The van der Waals surface area contributed by atoms with Crippen molar-refractivity contribution in [2.24, 2.45) is 0 Å². The average molecular weight is 2060 g/mol. The van der Waals surface area contributed by atoms with Gasteiger partial charge in [-0.1, -0.05) is 168 Å². The van der Waals surface area contributed by atoms with Crippen LogP contribution in [0.4, 0.5) is 0 Å². The van der Waals surface area contributed by atoms with Crippen LogP contribution in [0, 0.1) is 20.8 Å². The lowest BCUT2D eigenvalue weighted by Crippen LogP contribution is -2.63. The molecule has 9 aliphatic heterocycles. The minimum atomic E-state index is -1.55. The van der Waals surface area contributed by atoms with Crippen LogP contribution in [0.25, 0.3) is 0 Å². The van der Waals surface area contributed by atoms with Crippen LogP contribution in [0.3, 0.4) is 0 Å². The van der Waals surface area contributed by atoms with Crippen molar-refractivity contribution in [3.05, 3.63) is 326 Å². The van der Waals surface area contributed by atoms with Crippen molar-refractivity contribution in [2.45, 2.75) is 243 Å². The van der Waals surface area contributed by atoms with Crippen molar-refractivity contribution in [1.82, 2.24) is 0 Å². The Labute approximate surface area is 851 Å². The molecule has 0 radical (unpaired) electrons. The Morgan fingerprint density at radius 1 is 0.352 bits per heavy atom. The molecule has 9 fully saturated rings. The van der Waals surface area contributed by atoms with Gasteiger partial charge < -0.3 is 133 Å². The zero-order valence-electron chi connectivity index (χ0n) is 80.7. The lowest BCUT2D eigenvalue weighted by Gasteiger charge is -2.45. The Morgan fingerprint density at radius 2 is 0.754 bits per heavy atom. The molecule has 32 heteroatoms. The van der Waals surface area contributed by atoms with Gasteiger partial charge in [0.1, 0.15) is 88.1 Å². The number of thioether (sulfide) groups is 1. The third-order valence-corrected chi connectivity index (χ3v) is 31.1. The smallest absolute Gasteiger partial charge is 0.225 e. The number of hydrogen-bond acceptors (Lipinski definition) is 28. The zero-order valence-corrected chi connectivity index (χ0v) is 84.5. The van der Waals surface area contributed by atoms with Gasteiger partial charge in [0.25, 0.3) is 0 Å². The summed E-state index contributed by atoms with van der Waals surface area (Å²) in [7, 11) is 0. The molecule has 764 valence electrons. The highest BCUT2D eigenvalue weighted by Gasteiger charge is 2.68. The van der Waals surface area contributed by atoms with Gasteiger partial charge in [0.15, 0.2) is 5.79 Å². The second-order valence-electron chi connectivity index (χ2n) is 38.3. The van der Waals surface area contributed by atoms with Gasteiger partial charge in [0.05, 0.1) is 108 Å². The van der Waals surface area contributed by atoms with Crippen molar-refractivity contribution >= 4 is 58.2 Å². The van der Waals surface area contributed by atoms with Gasteiger partial charge in [0, 0.05) is 66.9 Å². The van der Waals surface area contributed by atoms with Crippen LogP contribution in [0.2, 0.25) is 20.1 Å². The van der Waals surface area contributed by atoms with Gasteiger partial charge in [-0.2, -0.15) is 0 Å². The first-order chi connectivity index (χ1) is 67.8. The molecule has 10 aromatic carbocycles. The van der Waals surface area contributed by atoms with Crippen molar-refractivity contribution in [2.75, 3.05) is 72.7 Å². The van der Waals surface area contributed by atoms with Gasteiger partial charge in [-0.05, 0) is 257 Å². The highest BCUT2D eigenvalue weighted by molar-refractivity contribution is 8.00. The topological polar surface area (TPSA) is 414 Å². The number of rotatable bonds is 26. The van der Waals surface area contributed by atoms with Crippen molar-refractivity contribution in [3.63, 3.8) is 0 Å². The van der Waals surface area contributed by atoms with E-state index in [1.165, 1.54) is 34.0 Å². The summed E-state index contributed by atoms with van der Waals surface area (Å²) in [5.74, 6) is -2.41. The van der Waals surface area contributed by atoms with E-state index >= 15 is 0 Å². The second kappa shape index (κ2) is 45.4. The van der Waals surface area contributed by atoms with E-state index in [0.717, 1.165) is 90.6 Å². The van der Waals surface area contributed by atoms with E-state index in [2.05, 4.69) is 55.5 Å². The van der Waals surface area contributed by atoms with Crippen LogP contribution < -0.4 is 18.9 Å². The fourth-order valence-corrected chi connectivity index (χ4v) is 22.1. The Hall–Kier alpha value is -8.01. The molecule has 19 rings (SSSR count). The van der Waals surface area contributed by atoms with Crippen LogP contribution >= 0.6 is 58.2 Å². The molecule has 27 nitrogen and oxygen atoms in total. The van der Waals surface area contributed by atoms with Crippen LogP contribution in [0.5, 0.6) is 23.0 Å². The first kappa shape index (κ1) is 108. The molecule has 5 unspecified atom stereocenters. The summed E-state index contributed by atoms with van der Waals surface area (Å²) < 4.78 is 69.5. The Morgan fingerprint density at radius 3 is 1.20 bits per heavy atom. The number of halogens is 4. The van der Waals surface area contributed by atoms with Gasteiger partial charge in [-0.15, -0.1) is 11.8 Å². The van der Waals surface area contributed by atoms with Gasteiger partial charge in [-0.3, -0.25) is 0 Å². The van der Waals surface area contributed by atoms with Crippen molar-refractivity contribution in [3.8, 4) is 23.0 Å². The molecule has 9 saturated heterocycles. The summed E-state index contributed by atoms with van der Waals surface area (Å²) in [6, 6.07) is 65.4. The maximum atomic E-state index is 10.7. The molecular weight excluding hydrogens is 1930 g/mol.